The second-order valence-corrected chi connectivity index (χ2v) is 10.1. The van der Waals surface area contributed by atoms with Crippen LogP contribution >= 0.6 is 0 Å². The summed E-state index contributed by atoms with van der Waals surface area (Å²) < 4.78 is 4.63. The van der Waals surface area contributed by atoms with Gasteiger partial charge in [-0.3, -0.25) is 9.59 Å². The monoisotopic (exact) mass is 756 g/mol. The predicted molar refractivity (Wildman–Crippen MR) is 190 cm³/mol. The van der Waals surface area contributed by atoms with Crippen LogP contribution in [-0.4, -0.2) is 101 Å². The van der Waals surface area contributed by atoms with Crippen LogP contribution in [0.15, 0.2) is 97.6 Å². The maximum atomic E-state index is 11.9. The van der Waals surface area contributed by atoms with Crippen LogP contribution in [-0.2, 0) is 23.9 Å². The third-order valence-corrected chi connectivity index (χ3v) is 5.58. The lowest BCUT2D eigenvalue weighted by Gasteiger charge is -2.04. The van der Waals surface area contributed by atoms with Crippen molar-refractivity contribution in [1.29, 1.82) is 0 Å². The molecule has 1 unspecified atom stereocenters. The number of unbranched alkanes of at least 4 members (excludes halogenated alkanes) is 1. The molecule has 3 aromatic carbocycles. The molecule has 17 heteroatoms. The van der Waals surface area contributed by atoms with Gasteiger partial charge in [-0.05, 0) is 61.7 Å². The molecule has 1 atom stereocenters. The minimum atomic E-state index is -1.26. The molecule has 0 bridgehead atoms. The normalized spacial score (nSPS) is 9.98. The van der Waals surface area contributed by atoms with Crippen molar-refractivity contribution in [3.63, 3.8) is 0 Å². The van der Waals surface area contributed by atoms with E-state index in [1.165, 1.54) is 48.9 Å². The van der Waals surface area contributed by atoms with Crippen molar-refractivity contribution in [3.8, 4) is 0 Å². The second kappa shape index (κ2) is 28.7. The molecule has 3 rings (SSSR count). The van der Waals surface area contributed by atoms with Gasteiger partial charge in [-0.25, -0.2) is 28.8 Å². The highest BCUT2D eigenvalue weighted by Crippen LogP contribution is 2.11. The van der Waals surface area contributed by atoms with Crippen molar-refractivity contribution in [2.24, 2.45) is 0 Å². The number of rotatable bonds is 13. The van der Waals surface area contributed by atoms with Gasteiger partial charge in [-0.15, -0.1) is 0 Å². The predicted octanol–water partition coefficient (Wildman–Crippen LogP) is 4.20. The third-order valence-electron chi connectivity index (χ3n) is 5.58. The lowest BCUT2D eigenvalue weighted by molar-refractivity contribution is -0.139. The Balaban J connectivity index is 0. The van der Waals surface area contributed by atoms with Gasteiger partial charge in [0.05, 0.1) is 35.0 Å². The first-order chi connectivity index (χ1) is 25.3. The number of carbonyl (C=O) groups excluding carboxylic acids is 2. The third kappa shape index (κ3) is 26.8. The molecule has 0 aliphatic rings. The maximum Gasteiger partial charge on any atom is 0.346 e. The number of ether oxygens (including phenoxy) is 1. The SMILES string of the molecule is C=Cc1ccccc1.CC(O)CO.O=C(O)/C=C\C(=O)O.O=C(O)CCCCC(=O)O.O=C(O)c1cccc(C(=O)OC(=O)c2cccc(C(=O)O)c2)c1. The fourth-order valence-electron chi connectivity index (χ4n) is 3.04. The van der Waals surface area contributed by atoms with Crippen LogP contribution in [0, 0.1) is 0 Å². The average Bonchev–Trinajstić information content (AvgIpc) is 3.13. The van der Waals surface area contributed by atoms with E-state index in [4.69, 9.17) is 40.9 Å². The van der Waals surface area contributed by atoms with Gasteiger partial charge >= 0.3 is 47.8 Å². The molecule has 3 aromatic rings. The van der Waals surface area contributed by atoms with Gasteiger partial charge in [0.1, 0.15) is 0 Å². The van der Waals surface area contributed by atoms with E-state index in [0.29, 0.717) is 25.0 Å². The smallest absolute Gasteiger partial charge is 0.346 e. The number of carboxylic acid groups (broad SMARTS) is 6. The van der Waals surface area contributed by atoms with Crippen LogP contribution in [0.25, 0.3) is 6.08 Å². The van der Waals surface area contributed by atoms with Crippen molar-refractivity contribution in [3.05, 3.63) is 125 Å². The Morgan fingerprint density at radius 2 is 0.963 bits per heavy atom. The number of aromatic carboxylic acids is 2. The van der Waals surface area contributed by atoms with Gasteiger partial charge in [-0.2, -0.15) is 0 Å². The molecule has 0 aliphatic heterocycles. The molecule has 0 saturated carbocycles. The summed E-state index contributed by atoms with van der Waals surface area (Å²) in [5.74, 6) is -8.76. The zero-order valence-electron chi connectivity index (χ0n) is 28.8. The first-order valence-electron chi connectivity index (χ1n) is 15.3. The molecule has 290 valence electrons. The Morgan fingerprint density at radius 3 is 1.22 bits per heavy atom. The Hall–Kier alpha value is -6.98. The largest absolute Gasteiger partial charge is 0.481 e. The van der Waals surface area contributed by atoms with E-state index in [-0.39, 0.29) is 41.7 Å². The quantitative estimate of drug-likeness (QED) is 0.0524. The molecule has 0 aliphatic carbocycles. The summed E-state index contributed by atoms with van der Waals surface area (Å²) in [6, 6.07) is 20.0. The Labute approximate surface area is 308 Å². The first kappa shape index (κ1) is 49.1. The van der Waals surface area contributed by atoms with Crippen molar-refractivity contribution in [1.82, 2.24) is 0 Å². The number of hydrogen-bond donors (Lipinski definition) is 8. The van der Waals surface area contributed by atoms with Gasteiger partial charge in [0, 0.05) is 25.0 Å². The van der Waals surface area contributed by atoms with Gasteiger partial charge in [-0.1, -0.05) is 55.1 Å². The zero-order valence-corrected chi connectivity index (χ0v) is 28.8. The molecule has 0 amide bonds. The fourth-order valence-corrected chi connectivity index (χ4v) is 3.04. The van der Waals surface area contributed by atoms with Crippen LogP contribution in [0.5, 0.6) is 0 Å². The van der Waals surface area contributed by atoms with Gasteiger partial charge < -0.3 is 45.6 Å². The summed E-state index contributed by atoms with van der Waals surface area (Å²) in [6.45, 7) is 5.02. The second-order valence-electron chi connectivity index (χ2n) is 10.1. The van der Waals surface area contributed by atoms with Crippen LogP contribution in [0.1, 0.15) is 79.6 Å². The summed E-state index contributed by atoms with van der Waals surface area (Å²) in [4.78, 5) is 84.3. The lowest BCUT2D eigenvalue weighted by Crippen LogP contribution is -2.14. The topological polar surface area (TPSA) is 308 Å². The van der Waals surface area contributed by atoms with Crippen LogP contribution < -0.4 is 0 Å². The number of aliphatic hydroxyl groups excluding tert-OH is 2. The standard InChI is InChI=1S/C16H10O7.C8H8.C6H10O4.C4H4O4.C3H8O2/c17-13(18)9-3-1-5-11(7-9)15(21)23-16(22)12-6-2-4-10(8-12)14(19)20;1-2-8-6-4-3-5-7-8;7-5(8)3-1-2-4-6(9)10;5-3(6)1-2-4(7)8;1-3(5)2-4/h1-8H,(H,17,18)(H,19,20);2-7H,1H2;1-4H2,(H,7,8)(H,9,10);1-2H,(H,5,6)(H,7,8);3-5H,2H2,1H3/b;;;2-1-;. The van der Waals surface area contributed by atoms with Crippen LogP contribution in [0.4, 0.5) is 0 Å². The molecule has 54 heavy (non-hydrogen) atoms. The molecule has 17 nitrogen and oxygen atoms in total. The van der Waals surface area contributed by atoms with Crippen molar-refractivity contribution >= 4 is 53.8 Å². The van der Waals surface area contributed by atoms with E-state index in [0.717, 1.165) is 12.1 Å². The van der Waals surface area contributed by atoms with E-state index < -0.39 is 53.9 Å². The highest BCUT2D eigenvalue weighted by molar-refractivity contribution is 6.04. The number of benzene rings is 3. The van der Waals surface area contributed by atoms with Crippen LogP contribution in [0.3, 0.4) is 0 Å². The van der Waals surface area contributed by atoms with E-state index >= 15 is 0 Å². The first-order valence-corrected chi connectivity index (χ1v) is 15.3. The number of aliphatic carboxylic acids is 4. The van der Waals surface area contributed by atoms with E-state index in [1.807, 2.05) is 36.4 Å². The van der Waals surface area contributed by atoms with Gasteiger partial charge in [0.2, 0.25) is 0 Å². The van der Waals surface area contributed by atoms with Crippen molar-refractivity contribution in [2.75, 3.05) is 6.61 Å². The number of esters is 2. The maximum absolute atomic E-state index is 11.9. The lowest BCUT2D eigenvalue weighted by atomic mass is 10.1. The summed E-state index contributed by atoms with van der Waals surface area (Å²) in [7, 11) is 0. The molecule has 0 radical (unpaired) electrons. The minimum absolute atomic E-state index is 0.0628. The summed E-state index contributed by atoms with van der Waals surface area (Å²) in [6.07, 6.45) is 3.41. The molecular weight excluding hydrogens is 716 g/mol. The minimum Gasteiger partial charge on any atom is -0.481 e. The molecule has 0 aromatic heterocycles. The highest BCUT2D eigenvalue weighted by Gasteiger charge is 2.17. The highest BCUT2D eigenvalue weighted by atomic mass is 16.6. The van der Waals surface area contributed by atoms with E-state index in [2.05, 4.69) is 11.3 Å². The van der Waals surface area contributed by atoms with Crippen LogP contribution in [0.2, 0.25) is 0 Å². The summed E-state index contributed by atoms with van der Waals surface area (Å²) in [5, 5.41) is 65.6. The zero-order chi connectivity index (χ0) is 41.6. The Bertz CT molecular complexity index is 1630. The molecular formula is C37H40O17. The van der Waals surface area contributed by atoms with E-state index in [1.54, 1.807) is 0 Å². The number of carbonyl (C=O) groups is 8. The molecule has 0 heterocycles. The molecule has 0 spiro atoms. The Morgan fingerprint density at radius 1 is 0.611 bits per heavy atom. The molecule has 0 fully saturated rings. The summed E-state index contributed by atoms with van der Waals surface area (Å²) in [5.41, 5.74) is 0.715. The van der Waals surface area contributed by atoms with E-state index in [9.17, 15) is 38.4 Å². The van der Waals surface area contributed by atoms with Crippen molar-refractivity contribution in [2.45, 2.75) is 38.7 Å². The number of hydrogen-bond acceptors (Lipinski definition) is 11. The molecule has 0 saturated heterocycles. The Kier molecular flexibility index (Phi) is 26.1. The van der Waals surface area contributed by atoms with Gasteiger partial charge in [0.15, 0.2) is 0 Å². The number of carboxylic acids is 6. The van der Waals surface area contributed by atoms with Crippen molar-refractivity contribution < 1.29 is 83.9 Å². The number of aliphatic hydroxyl groups is 2. The summed E-state index contributed by atoms with van der Waals surface area (Å²) >= 11 is 0. The van der Waals surface area contributed by atoms with Gasteiger partial charge in [0.25, 0.3) is 0 Å². The average molecular weight is 757 g/mol. The molecule has 8 N–H and O–H groups in total. The fraction of sp³-hybridized carbons (Fsp3) is 0.189.